The predicted octanol–water partition coefficient (Wildman–Crippen LogP) is 0.363. The number of nitrogens with two attached hydrogens (primary N) is 3. The van der Waals surface area contributed by atoms with Crippen molar-refractivity contribution in [2.24, 2.45) is 34.0 Å². The van der Waals surface area contributed by atoms with E-state index in [1.807, 2.05) is 30.3 Å². The second-order valence-corrected chi connectivity index (χ2v) is 15.0. The van der Waals surface area contributed by atoms with Gasteiger partial charge in [0.1, 0.15) is 17.9 Å². The highest BCUT2D eigenvalue weighted by Crippen LogP contribution is 2.23. The van der Waals surface area contributed by atoms with Crippen LogP contribution in [0.4, 0.5) is 0 Å². The molecule has 12 N–H and O–H groups in total. The van der Waals surface area contributed by atoms with Crippen LogP contribution in [-0.4, -0.2) is 93.2 Å². The van der Waals surface area contributed by atoms with Gasteiger partial charge in [-0.2, -0.15) is 0 Å². The zero-order valence-corrected chi connectivity index (χ0v) is 33.3. The first-order valence-corrected chi connectivity index (χ1v) is 20.0. The summed E-state index contributed by atoms with van der Waals surface area (Å²) < 4.78 is 0. The number of amides is 5. The van der Waals surface area contributed by atoms with Gasteiger partial charge in [0.2, 0.25) is 29.5 Å². The van der Waals surface area contributed by atoms with Crippen molar-refractivity contribution in [2.45, 2.75) is 82.3 Å². The van der Waals surface area contributed by atoms with Crippen LogP contribution >= 0.6 is 0 Å². The van der Waals surface area contributed by atoms with E-state index in [1.54, 1.807) is 30.5 Å². The van der Waals surface area contributed by atoms with E-state index in [2.05, 4.69) is 41.2 Å². The van der Waals surface area contributed by atoms with Gasteiger partial charge in [-0.1, -0.05) is 48.5 Å². The lowest BCUT2D eigenvalue weighted by atomic mass is 9.84. The number of primary amides is 1. The van der Waals surface area contributed by atoms with Crippen LogP contribution in [0.1, 0.15) is 61.8 Å². The van der Waals surface area contributed by atoms with Crippen LogP contribution in [0, 0.1) is 11.8 Å². The van der Waals surface area contributed by atoms with E-state index in [0.717, 1.165) is 22.0 Å². The molecular formula is C42H53N11O7. The van der Waals surface area contributed by atoms with Crippen molar-refractivity contribution in [3.8, 4) is 0 Å². The number of imidazole rings is 1. The first kappa shape index (κ1) is 44.3. The summed E-state index contributed by atoms with van der Waals surface area (Å²) in [6, 6.07) is 13.1. The SMILES string of the molecule is NC(=O)[C@H](Cc1c[nH]c2ccccc12)NC(=O)[C@@H]1CCNC(=O)CCC(=O)N[C@@H](Cc2cnc[nH]2)C(=O)N[C@H](Cc2ccccc2)C(=O)C[C@@H](CCCN=C(N)N)C(=O)C1. The minimum atomic E-state index is -1.14. The van der Waals surface area contributed by atoms with Crippen LogP contribution < -0.4 is 38.5 Å². The summed E-state index contributed by atoms with van der Waals surface area (Å²) in [4.78, 5) is 110. The van der Waals surface area contributed by atoms with Gasteiger partial charge in [-0.15, -0.1) is 0 Å². The summed E-state index contributed by atoms with van der Waals surface area (Å²) in [7, 11) is 0. The maximum atomic E-state index is 14.3. The highest BCUT2D eigenvalue weighted by atomic mass is 16.2. The Balaban J connectivity index is 1.43. The number of Topliss-reactive ketones (excluding diaryl/α,β-unsaturated/α-hetero) is 2. The quantitative estimate of drug-likeness (QED) is 0.0507. The largest absolute Gasteiger partial charge is 0.370 e. The minimum absolute atomic E-state index is 0.0122. The molecule has 2 aromatic heterocycles. The van der Waals surface area contributed by atoms with Crippen LogP contribution in [0.2, 0.25) is 0 Å². The van der Waals surface area contributed by atoms with E-state index in [1.165, 1.54) is 12.5 Å². The Morgan fingerprint density at radius 2 is 1.60 bits per heavy atom. The zero-order valence-electron chi connectivity index (χ0n) is 33.3. The summed E-state index contributed by atoms with van der Waals surface area (Å²) in [5, 5.41) is 11.8. The van der Waals surface area contributed by atoms with Gasteiger partial charge in [-0.3, -0.25) is 38.6 Å². The van der Waals surface area contributed by atoms with Crippen molar-refractivity contribution in [2.75, 3.05) is 13.1 Å². The second-order valence-electron chi connectivity index (χ2n) is 15.0. The van der Waals surface area contributed by atoms with Crippen molar-refractivity contribution in [1.29, 1.82) is 0 Å². The molecule has 18 nitrogen and oxygen atoms in total. The van der Waals surface area contributed by atoms with Crippen LogP contribution in [0.25, 0.3) is 10.9 Å². The Bertz CT molecular complexity index is 2150. The third kappa shape index (κ3) is 13.4. The van der Waals surface area contributed by atoms with E-state index < -0.39 is 71.1 Å². The number of guanidine groups is 1. The average Bonchev–Trinajstić information content (AvgIpc) is 3.90. The van der Waals surface area contributed by atoms with E-state index in [4.69, 9.17) is 17.2 Å². The molecule has 0 aliphatic carbocycles. The van der Waals surface area contributed by atoms with Gasteiger partial charge in [0.05, 0.1) is 12.4 Å². The zero-order chi connectivity index (χ0) is 43.0. The first-order valence-electron chi connectivity index (χ1n) is 20.0. The molecule has 60 heavy (non-hydrogen) atoms. The van der Waals surface area contributed by atoms with Crippen molar-refractivity contribution in [3.63, 3.8) is 0 Å². The van der Waals surface area contributed by atoms with E-state index in [0.29, 0.717) is 12.1 Å². The molecule has 0 saturated carbocycles. The summed E-state index contributed by atoms with van der Waals surface area (Å²) in [5.74, 6) is -6.12. The molecular weight excluding hydrogens is 771 g/mol. The molecule has 0 spiro atoms. The van der Waals surface area contributed by atoms with E-state index in [-0.39, 0.29) is 76.8 Å². The molecule has 0 unspecified atom stereocenters. The second kappa shape index (κ2) is 21.8. The highest BCUT2D eigenvalue weighted by molar-refractivity contribution is 5.97. The van der Waals surface area contributed by atoms with Gasteiger partial charge >= 0.3 is 0 Å². The molecule has 3 heterocycles. The number of aliphatic imine (C=N–C) groups is 1. The fraction of sp³-hybridized carbons (Fsp3) is 0.405. The van der Waals surface area contributed by atoms with Crippen molar-refractivity contribution >= 4 is 58.0 Å². The number of benzene rings is 2. The van der Waals surface area contributed by atoms with Gasteiger partial charge in [0, 0.05) is 92.4 Å². The molecule has 5 atom stereocenters. The predicted molar refractivity (Wildman–Crippen MR) is 222 cm³/mol. The third-order valence-corrected chi connectivity index (χ3v) is 10.5. The topological polar surface area (TPSA) is 302 Å². The Morgan fingerprint density at radius 1 is 0.850 bits per heavy atom. The number of para-hydroxylation sites is 1. The van der Waals surface area contributed by atoms with Crippen LogP contribution in [0.5, 0.6) is 0 Å². The monoisotopic (exact) mass is 823 g/mol. The van der Waals surface area contributed by atoms with Crippen LogP contribution in [0.15, 0.2) is 78.3 Å². The lowest BCUT2D eigenvalue weighted by molar-refractivity contribution is -0.135. The lowest BCUT2D eigenvalue weighted by Gasteiger charge is -2.26. The molecule has 1 aliphatic heterocycles. The van der Waals surface area contributed by atoms with Crippen molar-refractivity contribution in [1.82, 2.24) is 36.2 Å². The van der Waals surface area contributed by atoms with Gasteiger partial charge < -0.3 is 48.4 Å². The number of carbonyl (C=O) groups is 7. The minimum Gasteiger partial charge on any atom is -0.370 e. The number of nitrogens with one attached hydrogen (secondary N) is 6. The van der Waals surface area contributed by atoms with E-state index >= 15 is 0 Å². The van der Waals surface area contributed by atoms with Crippen molar-refractivity contribution < 1.29 is 33.6 Å². The van der Waals surface area contributed by atoms with Crippen LogP contribution in [0.3, 0.4) is 0 Å². The number of nitrogens with zero attached hydrogens (tertiary/aromatic N) is 2. The summed E-state index contributed by atoms with van der Waals surface area (Å²) in [5.41, 5.74) is 19.7. The Morgan fingerprint density at radius 3 is 2.33 bits per heavy atom. The van der Waals surface area contributed by atoms with E-state index in [9.17, 15) is 33.6 Å². The number of ketones is 2. The summed E-state index contributed by atoms with van der Waals surface area (Å²) >= 11 is 0. The molecule has 0 bridgehead atoms. The average molecular weight is 824 g/mol. The molecule has 1 saturated heterocycles. The smallest absolute Gasteiger partial charge is 0.243 e. The highest BCUT2D eigenvalue weighted by Gasteiger charge is 2.34. The van der Waals surface area contributed by atoms with Gasteiger partial charge in [0.15, 0.2) is 11.7 Å². The Labute approximate surface area is 346 Å². The molecule has 318 valence electrons. The van der Waals surface area contributed by atoms with Crippen molar-refractivity contribution in [3.05, 3.63) is 90.1 Å². The number of H-pyrrole nitrogens is 2. The Hall–Kier alpha value is -6.85. The summed E-state index contributed by atoms with van der Waals surface area (Å²) in [6.07, 6.45) is 4.19. The molecule has 5 amide bonds. The fourth-order valence-electron chi connectivity index (χ4n) is 7.24. The first-order chi connectivity index (χ1) is 28.9. The standard InChI is InChI=1S/C42H53N11O7/c43-39(58)33(18-28-22-49-31-11-5-4-10-30(28)31)53-40(59)27-14-16-47-37(56)12-13-38(57)51-34(21-29-23-46-24-50-29)41(60)52-32(17-25-7-2-1-3-8-25)36(55)19-26(35(54)20-27)9-6-15-48-42(44)45/h1-5,7-8,10-11,22-24,26-27,32-34,49H,6,9,12-21H2,(H2,43,58)(H,46,50)(H,47,56)(H,51,57)(H,52,60)(H,53,59)(H4,44,45,48)/t26-,27-,32-,33+,34+/m1/s1. The number of hydrogen-bond acceptors (Lipinski definition) is 9. The van der Waals surface area contributed by atoms with Gasteiger partial charge in [0.25, 0.3) is 0 Å². The molecule has 1 fully saturated rings. The normalized spacial score (nSPS) is 20.5. The number of hydrogen-bond donors (Lipinski definition) is 9. The molecule has 0 radical (unpaired) electrons. The number of aromatic nitrogens is 3. The van der Waals surface area contributed by atoms with Gasteiger partial charge in [-0.05, 0) is 42.9 Å². The van der Waals surface area contributed by atoms with Gasteiger partial charge in [-0.25, -0.2) is 4.98 Å². The molecule has 5 rings (SSSR count). The summed E-state index contributed by atoms with van der Waals surface area (Å²) in [6.45, 7) is 0.122. The fourth-order valence-corrected chi connectivity index (χ4v) is 7.24. The lowest BCUT2D eigenvalue weighted by Crippen LogP contribution is -2.53. The molecule has 18 heteroatoms. The Kier molecular flexibility index (Phi) is 16.1. The van der Waals surface area contributed by atoms with Crippen LogP contribution in [-0.2, 0) is 52.8 Å². The molecule has 1 aliphatic rings. The number of carbonyl (C=O) groups excluding carboxylic acids is 7. The number of fused-ring (bicyclic) bond motifs is 1. The molecule has 4 aromatic rings. The number of rotatable bonds is 13. The third-order valence-electron chi connectivity index (χ3n) is 10.5. The molecule has 2 aromatic carbocycles. The maximum absolute atomic E-state index is 14.3. The number of aromatic amines is 2. The maximum Gasteiger partial charge on any atom is 0.243 e.